The van der Waals surface area contributed by atoms with Crippen molar-refractivity contribution in [2.75, 3.05) is 13.6 Å². The second kappa shape index (κ2) is 6.69. The first-order chi connectivity index (χ1) is 8.70. The standard InChI is InChI=1S/C15H26N2S/c1-4-6-14(15-7-5-10-18-15)16-13-8-9-17(3)12(2)11-13/h5,7,10,12-14,16H,4,6,8-9,11H2,1-3H3. The van der Waals surface area contributed by atoms with E-state index in [1.807, 2.05) is 11.3 Å². The fourth-order valence-corrected chi connectivity index (χ4v) is 3.63. The first-order valence-electron chi connectivity index (χ1n) is 7.20. The predicted octanol–water partition coefficient (Wildman–Crippen LogP) is 3.66. The van der Waals surface area contributed by atoms with Crippen molar-refractivity contribution < 1.29 is 0 Å². The van der Waals surface area contributed by atoms with Crippen LogP contribution in [0.1, 0.15) is 50.4 Å². The minimum Gasteiger partial charge on any atom is -0.306 e. The van der Waals surface area contributed by atoms with Gasteiger partial charge in [0.2, 0.25) is 0 Å². The van der Waals surface area contributed by atoms with Gasteiger partial charge in [-0.05, 0) is 51.2 Å². The molecule has 2 nitrogen and oxygen atoms in total. The van der Waals surface area contributed by atoms with Crippen molar-refractivity contribution in [2.24, 2.45) is 0 Å². The average molecular weight is 266 g/mol. The summed E-state index contributed by atoms with van der Waals surface area (Å²) >= 11 is 1.89. The van der Waals surface area contributed by atoms with Crippen molar-refractivity contribution in [3.63, 3.8) is 0 Å². The molecular weight excluding hydrogens is 240 g/mol. The van der Waals surface area contributed by atoms with Crippen molar-refractivity contribution in [1.29, 1.82) is 0 Å². The van der Waals surface area contributed by atoms with Crippen LogP contribution in [0.25, 0.3) is 0 Å². The van der Waals surface area contributed by atoms with E-state index >= 15 is 0 Å². The molecule has 3 unspecified atom stereocenters. The summed E-state index contributed by atoms with van der Waals surface area (Å²) in [7, 11) is 2.24. The zero-order chi connectivity index (χ0) is 13.0. The Morgan fingerprint density at radius 1 is 1.56 bits per heavy atom. The molecule has 1 aromatic rings. The number of nitrogens with one attached hydrogen (secondary N) is 1. The number of rotatable bonds is 5. The van der Waals surface area contributed by atoms with Crippen LogP contribution in [0.2, 0.25) is 0 Å². The third-order valence-electron chi connectivity index (χ3n) is 4.11. The van der Waals surface area contributed by atoms with E-state index in [2.05, 4.69) is 48.6 Å². The quantitative estimate of drug-likeness (QED) is 0.875. The molecule has 1 fully saturated rings. The van der Waals surface area contributed by atoms with Crippen LogP contribution in [-0.2, 0) is 0 Å². The summed E-state index contributed by atoms with van der Waals surface area (Å²) in [5.41, 5.74) is 0. The van der Waals surface area contributed by atoms with Crippen LogP contribution >= 0.6 is 11.3 Å². The fraction of sp³-hybridized carbons (Fsp3) is 0.733. The first-order valence-corrected chi connectivity index (χ1v) is 8.08. The molecular formula is C15H26N2S. The molecule has 1 aliphatic heterocycles. The van der Waals surface area contributed by atoms with E-state index in [1.54, 1.807) is 0 Å². The zero-order valence-electron chi connectivity index (χ0n) is 11.9. The van der Waals surface area contributed by atoms with Crippen LogP contribution in [0.3, 0.4) is 0 Å². The van der Waals surface area contributed by atoms with Gasteiger partial charge in [-0.3, -0.25) is 0 Å². The highest BCUT2D eigenvalue weighted by Crippen LogP contribution is 2.26. The Balaban J connectivity index is 1.93. The summed E-state index contributed by atoms with van der Waals surface area (Å²) in [6, 6.07) is 6.41. The van der Waals surface area contributed by atoms with Crippen LogP contribution in [0.5, 0.6) is 0 Å². The van der Waals surface area contributed by atoms with Crippen LogP contribution in [0.4, 0.5) is 0 Å². The lowest BCUT2D eigenvalue weighted by Crippen LogP contribution is -2.46. The molecule has 0 radical (unpaired) electrons. The van der Waals surface area contributed by atoms with E-state index in [0.717, 1.165) is 0 Å². The van der Waals surface area contributed by atoms with Gasteiger partial charge in [-0.25, -0.2) is 0 Å². The summed E-state index contributed by atoms with van der Waals surface area (Å²) in [5.74, 6) is 0. The molecule has 3 atom stereocenters. The van der Waals surface area contributed by atoms with E-state index in [1.165, 1.54) is 37.1 Å². The lowest BCUT2D eigenvalue weighted by atomic mass is 9.97. The van der Waals surface area contributed by atoms with Crippen LogP contribution in [0.15, 0.2) is 17.5 Å². The number of likely N-dealkylation sites (tertiary alicyclic amines) is 1. The maximum Gasteiger partial charge on any atom is 0.0416 e. The first kappa shape index (κ1) is 14.0. The Morgan fingerprint density at radius 2 is 2.39 bits per heavy atom. The molecule has 2 rings (SSSR count). The van der Waals surface area contributed by atoms with Gasteiger partial charge in [0.05, 0.1) is 0 Å². The van der Waals surface area contributed by atoms with Gasteiger partial charge in [0.1, 0.15) is 0 Å². The lowest BCUT2D eigenvalue weighted by molar-refractivity contribution is 0.161. The van der Waals surface area contributed by atoms with E-state index < -0.39 is 0 Å². The molecule has 1 aliphatic rings. The van der Waals surface area contributed by atoms with Gasteiger partial charge in [-0.2, -0.15) is 0 Å². The smallest absolute Gasteiger partial charge is 0.0416 e. The van der Waals surface area contributed by atoms with E-state index in [0.29, 0.717) is 18.1 Å². The molecule has 0 amide bonds. The monoisotopic (exact) mass is 266 g/mol. The molecule has 0 aliphatic carbocycles. The maximum atomic E-state index is 3.89. The summed E-state index contributed by atoms with van der Waals surface area (Å²) in [4.78, 5) is 3.97. The van der Waals surface area contributed by atoms with E-state index in [4.69, 9.17) is 0 Å². The molecule has 3 heteroatoms. The molecule has 1 saturated heterocycles. The normalized spacial score (nSPS) is 27.3. The number of thiophene rings is 1. The highest BCUT2D eigenvalue weighted by atomic mass is 32.1. The van der Waals surface area contributed by atoms with Gasteiger partial charge in [0.25, 0.3) is 0 Å². The van der Waals surface area contributed by atoms with Crippen LogP contribution < -0.4 is 5.32 Å². The Morgan fingerprint density at radius 3 is 3.00 bits per heavy atom. The molecule has 2 heterocycles. The highest BCUT2D eigenvalue weighted by molar-refractivity contribution is 7.10. The van der Waals surface area contributed by atoms with Crippen LogP contribution in [-0.4, -0.2) is 30.6 Å². The summed E-state index contributed by atoms with van der Waals surface area (Å²) < 4.78 is 0. The van der Waals surface area contributed by atoms with Crippen molar-refractivity contribution >= 4 is 11.3 Å². The summed E-state index contributed by atoms with van der Waals surface area (Å²) in [5, 5.41) is 6.09. The molecule has 0 bridgehead atoms. The summed E-state index contributed by atoms with van der Waals surface area (Å²) in [6.07, 6.45) is 5.06. The lowest BCUT2D eigenvalue weighted by Gasteiger charge is -2.37. The van der Waals surface area contributed by atoms with Gasteiger partial charge in [0, 0.05) is 23.0 Å². The molecule has 102 valence electrons. The van der Waals surface area contributed by atoms with Crippen LogP contribution in [0, 0.1) is 0 Å². The zero-order valence-corrected chi connectivity index (χ0v) is 12.7. The topological polar surface area (TPSA) is 15.3 Å². The molecule has 0 aromatic carbocycles. The average Bonchev–Trinajstić information content (AvgIpc) is 2.87. The largest absolute Gasteiger partial charge is 0.306 e. The second-order valence-electron chi connectivity index (χ2n) is 5.57. The fourth-order valence-electron chi connectivity index (χ4n) is 2.81. The third kappa shape index (κ3) is 3.56. The Labute approximate surface area is 115 Å². The van der Waals surface area contributed by atoms with Gasteiger partial charge >= 0.3 is 0 Å². The van der Waals surface area contributed by atoms with Crippen molar-refractivity contribution in [3.05, 3.63) is 22.4 Å². The molecule has 1 aromatic heterocycles. The van der Waals surface area contributed by atoms with Gasteiger partial charge in [-0.1, -0.05) is 19.4 Å². The van der Waals surface area contributed by atoms with Gasteiger partial charge in [0.15, 0.2) is 0 Å². The SMILES string of the molecule is CCCC(NC1CCN(C)C(C)C1)c1cccs1. The Kier molecular flexibility index (Phi) is 5.22. The molecule has 0 spiro atoms. The van der Waals surface area contributed by atoms with E-state index in [-0.39, 0.29) is 0 Å². The highest BCUT2D eigenvalue weighted by Gasteiger charge is 2.25. The molecule has 1 N–H and O–H groups in total. The predicted molar refractivity (Wildman–Crippen MR) is 80.2 cm³/mol. The minimum absolute atomic E-state index is 0.565. The number of piperidine rings is 1. The number of hydrogen-bond acceptors (Lipinski definition) is 3. The van der Waals surface area contributed by atoms with Crippen molar-refractivity contribution in [3.8, 4) is 0 Å². The Hall–Kier alpha value is -0.380. The minimum atomic E-state index is 0.565. The molecule has 0 saturated carbocycles. The summed E-state index contributed by atoms with van der Waals surface area (Å²) in [6.45, 7) is 5.84. The van der Waals surface area contributed by atoms with Crippen molar-refractivity contribution in [1.82, 2.24) is 10.2 Å². The number of nitrogens with zero attached hydrogens (tertiary/aromatic N) is 1. The van der Waals surface area contributed by atoms with E-state index in [9.17, 15) is 0 Å². The third-order valence-corrected chi connectivity index (χ3v) is 5.10. The van der Waals surface area contributed by atoms with Crippen molar-refractivity contribution in [2.45, 2.75) is 57.7 Å². The Bertz CT molecular complexity index is 336. The van der Waals surface area contributed by atoms with Gasteiger partial charge in [-0.15, -0.1) is 11.3 Å². The maximum absolute atomic E-state index is 3.89. The molecule has 18 heavy (non-hydrogen) atoms. The number of hydrogen-bond donors (Lipinski definition) is 1. The van der Waals surface area contributed by atoms with Gasteiger partial charge < -0.3 is 10.2 Å². The second-order valence-corrected chi connectivity index (χ2v) is 6.55.